The predicted molar refractivity (Wildman–Crippen MR) is 129 cm³/mol. The molecule has 5 aromatic carbocycles. The van der Waals surface area contributed by atoms with Crippen molar-refractivity contribution in [1.82, 2.24) is 0 Å². The molecule has 0 aliphatic rings. The van der Waals surface area contributed by atoms with Crippen LogP contribution in [0.5, 0.6) is 0 Å². The molecule has 0 aliphatic heterocycles. The van der Waals surface area contributed by atoms with Gasteiger partial charge in [-0.1, -0.05) is 103 Å². The standard InChI is InChI=1S/C29H23N/c1-30(29-17-8-7-15-28(29)23-10-3-2-4-11-23)25-20-18-24(19-21-25)27-16-9-13-22-12-5-6-14-26(22)27/h2-21H,1H3/i2D,3D,4D,10D,11D. The average Bonchev–Trinajstić information content (AvgIpc) is 2.90. The van der Waals surface area contributed by atoms with Gasteiger partial charge in [-0.25, -0.2) is 0 Å². The molecule has 0 fully saturated rings. The molecule has 1 heteroatoms. The Kier molecular flexibility index (Phi) is 3.52. The highest BCUT2D eigenvalue weighted by atomic mass is 15.1. The van der Waals surface area contributed by atoms with E-state index in [4.69, 9.17) is 6.85 Å². The molecule has 0 unspecified atom stereocenters. The van der Waals surface area contributed by atoms with Gasteiger partial charge in [0.25, 0.3) is 0 Å². The maximum atomic E-state index is 8.41. The summed E-state index contributed by atoms with van der Waals surface area (Å²) in [5, 5.41) is 2.39. The van der Waals surface area contributed by atoms with Crippen molar-refractivity contribution in [1.29, 1.82) is 0 Å². The molecule has 0 radical (unpaired) electrons. The van der Waals surface area contributed by atoms with Crippen LogP contribution in [0.2, 0.25) is 0 Å². The van der Waals surface area contributed by atoms with Crippen molar-refractivity contribution in [3.8, 4) is 22.3 Å². The van der Waals surface area contributed by atoms with Gasteiger partial charge in [0.2, 0.25) is 0 Å². The van der Waals surface area contributed by atoms with Crippen LogP contribution in [-0.4, -0.2) is 7.05 Å². The second-order valence-corrected chi connectivity index (χ2v) is 7.15. The number of anilines is 2. The maximum Gasteiger partial charge on any atom is 0.0629 e. The Labute approximate surface area is 184 Å². The highest BCUT2D eigenvalue weighted by Gasteiger charge is 2.11. The second kappa shape index (κ2) is 7.88. The molecular weight excluding hydrogens is 362 g/mol. The summed E-state index contributed by atoms with van der Waals surface area (Å²) in [6.07, 6.45) is 0. The normalized spacial score (nSPS) is 13.2. The molecule has 0 spiro atoms. The van der Waals surface area contributed by atoms with E-state index in [1.54, 1.807) is 6.07 Å². The molecule has 144 valence electrons. The van der Waals surface area contributed by atoms with E-state index in [0.29, 0.717) is 5.56 Å². The lowest BCUT2D eigenvalue weighted by Gasteiger charge is -2.23. The van der Waals surface area contributed by atoms with Gasteiger partial charge in [-0.2, -0.15) is 0 Å². The first-order chi connectivity index (χ1) is 16.9. The van der Waals surface area contributed by atoms with Gasteiger partial charge in [-0.3, -0.25) is 0 Å². The van der Waals surface area contributed by atoms with E-state index in [-0.39, 0.29) is 29.7 Å². The highest BCUT2D eigenvalue weighted by molar-refractivity contribution is 5.96. The van der Waals surface area contributed by atoms with Crippen molar-refractivity contribution in [2.75, 3.05) is 11.9 Å². The molecule has 0 aliphatic carbocycles. The minimum Gasteiger partial charge on any atom is -0.344 e. The molecule has 0 aromatic heterocycles. The quantitative estimate of drug-likeness (QED) is 0.301. The first-order valence-electron chi connectivity index (χ1n) is 12.4. The monoisotopic (exact) mass is 390 g/mol. The molecule has 5 aromatic rings. The lowest BCUT2D eigenvalue weighted by molar-refractivity contribution is 1.21. The smallest absolute Gasteiger partial charge is 0.0629 e. The molecule has 0 heterocycles. The third-order valence-electron chi connectivity index (χ3n) is 5.39. The average molecular weight is 391 g/mol. The fourth-order valence-corrected chi connectivity index (χ4v) is 3.84. The van der Waals surface area contributed by atoms with Crippen molar-refractivity contribution >= 4 is 22.1 Å². The SMILES string of the molecule is [2H]c1c([2H])c([2H])c(-c2ccccc2N(C)c2ccc(-c3cccc4ccccc34)cc2)c([2H])c1[2H]. The Morgan fingerprint density at radius 2 is 1.27 bits per heavy atom. The van der Waals surface area contributed by atoms with Gasteiger partial charge >= 0.3 is 0 Å². The Morgan fingerprint density at radius 1 is 0.600 bits per heavy atom. The van der Waals surface area contributed by atoms with Gasteiger partial charge in [0.1, 0.15) is 0 Å². The van der Waals surface area contributed by atoms with Gasteiger partial charge in [0.15, 0.2) is 0 Å². The first kappa shape index (κ1) is 13.4. The lowest BCUT2D eigenvalue weighted by Crippen LogP contribution is -2.10. The number of fused-ring (bicyclic) bond motifs is 1. The van der Waals surface area contributed by atoms with Gasteiger partial charge in [-0.15, -0.1) is 0 Å². The summed E-state index contributed by atoms with van der Waals surface area (Å²) in [6, 6.07) is 28.8. The van der Waals surface area contributed by atoms with E-state index in [1.165, 1.54) is 10.8 Å². The van der Waals surface area contributed by atoms with Crippen LogP contribution in [0.1, 0.15) is 6.85 Å². The molecular formula is C29H23N. The van der Waals surface area contributed by atoms with Crippen molar-refractivity contribution in [3.05, 3.63) is 121 Å². The third kappa shape index (κ3) is 3.35. The number of para-hydroxylation sites is 1. The van der Waals surface area contributed by atoms with Crippen molar-refractivity contribution in [2.24, 2.45) is 0 Å². The van der Waals surface area contributed by atoms with E-state index in [2.05, 4.69) is 42.5 Å². The van der Waals surface area contributed by atoms with E-state index in [1.807, 2.05) is 54.4 Å². The van der Waals surface area contributed by atoms with Gasteiger partial charge in [-0.05, 0) is 45.7 Å². The summed E-state index contributed by atoms with van der Waals surface area (Å²) in [7, 11) is 1.92. The van der Waals surface area contributed by atoms with Crippen LogP contribution in [0.4, 0.5) is 11.4 Å². The number of hydrogen-bond donors (Lipinski definition) is 0. The zero-order chi connectivity index (χ0) is 24.7. The minimum atomic E-state index is -0.390. The number of benzene rings is 5. The molecule has 0 saturated carbocycles. The van der Waals surface area contributed by atoms with Crippen LogP contribution in [0.15, 0.2) is 121 Å². The Balaban J connectivity index is 1.57. The Bertz CT molecular complexity index is 1530. The highest BCUT2D eigenvalue weighted by Crippen LogP contribution is 2.35. The van der Waals surface area contributed by atoms with E-state index in [0.717, 1.165) is 22.5 Å². The van der Waals surface area contributed by atoms with Gasteiger partial charge in [0, 0.05) is 24.0 Å². The van der Waals surface area contributed by atoms with Crippen LogP contribution < -0.4 is 4.90 Å². The fraction of sp³-hybridized carbons (Fsp3) is 0.0345. The van der Waals surface area contributed by atoms with Crippen LogP contribution in [-0.2, 0) is 0 Å². The summed E-state index contributed by atoms with van der Waals surface area (Å²) < 4.78 is 40.9. The topological polar surface area (TPSA) is 3.24 Å². The Morgan fingerprint density at radius 3 is 2.10 bits per heavy atom. The van der Waals surface area contributed by atoms with E-state index < -0.39 is 6.04 Å². The molecule has 0 amide bonds. The summed E-state index contributed by atoms with van der Waals surface area (Å²) in [5.41, 5.74) is 4.74. The van der Waals surface area contributed by atoms with Crippen molar-refractivity contribution in [3.63, 3.8) is 0 Å². The summed E-state index contributed by atoms with van der Waals surface area (Å²) in [5.74, 6) is 0. The maximum absolute atomic E-state index is 8.41. The van der Waals surface area contributed by atoms with Crippen LogP contribution in [0.3, 0.4) is 0 Å². The van der Waals surface area contributed by atoms with E-state index in [9.17, 15) is 0 Å². The lowest BCUT2D eigenvalue weighted by atomic mass is 9.98. The largest absolute Gasteiger partial charge is 0.344 e. The zero-order valence-electron chi connectivity index (χ0n) is 21.6. The summed E-state index contributed by atoms with van der Waals surface area (Å²) in [4.78, 5) is 1.98. The molecule has 5 rings (SSSR count). The molecule has 0 N–H and O–H groups in total. The predicted octanol–water partition coefficient (Wildman–Crippen LogP) is 7.94. The fourth-order valence-electron chi connectivity index (χ4n) is 3.84. The molecule has 0 saturated heterocycles. The van der Waals surface area contributed by atoms with Crippen LogP contribution >= 0.6 is 0 Å². The molecule has 0 atom stereocenters. The summed E-state index contributed by atoms with van der Waals surface area (Å²) in [6.45, 7) is 0. The van der Waals surface area contributed by atoms with E-state index >= 15 is 0 Å². The first-order valence-corrected chi connectivity index (χ1v) is 9.86. The number of nitrogens with zero attached hydrogens (tertiary/aromatic N) is 1. The van der Waals surface area contributed by atoms with Gasteiger partial charge in [0.05, 0.1) is 6.85 Å². The summed E-state index contributed by atoms with van der Waals surface area (Å²) >= 11 is 0. The molecule has 1 nitrogen and oxygen atoms in total. The number of hydrogen-bond acceptors (Lipinski definition) is 1. The minimum absolute atomic E-state index is 0.200. The molecule has 0 bridgehead atoms. The van der Waals surface area contributed by atoms with Crippen molar-refractivity contribution in [2.45, 2.75) is 0 Å². The second-order valence-electron chi connectivity index (χ2n) is 7.15. The zero-order valence-corrected chi connectivity index (χ0v) is 16.6. The molecule has 30 heavy (non-hydrogen) atoms. The van der Waals surface area contributed by atoms with Gasteiger partial charge < -0.3 is 4.90 Å². The number of rotatable bonds is 4. The Hall–Kier alpha value is -3.84. The van der Waals surface area contributed by atoms with Crippen molar-refractivity contribution < 1.29 is 6.85 Å². The van der Waals surface area contributed by atoms with Crippen LogP contribution in [0.25, 0.3) is 33.0 Å². The third-order valence-corrected chi connectivity index (χ3v) is 5.39. The van der Waals surface area contributed by atoms with Crippen LogP contribution in [0, 0.1) is 0 Å².